The van der Waals surface area contributed by atoms with E-state index in [1.165, 1.54) is 109 Å². The zero-order valence-electron chi connectivity index (χ0n) is 19.9. The summed E-state index contributed by atoms with van der Waals surface area (Å²) < 4.78 is 0. The van der Waals surface area contributed by atoms with Gasteiger partial charge in [0.2, 0.25) is 0 Å². The van der Waals surface area contributed by atoms with E-state index in [-0.39, 0.29) is 12.4 Å². The largest absolute Gasteiger partial charge is 0.312 e. The first-order valence-electron chi connectivity index (χ1n) is 12.0. The van der Waals surface area contributed by atoms with Crippen LogP contribution in [0.4, 0.5) is 0 Å². The van der Waals surface area contributed by atoms with Crippen molar-refractivity contribution in [3.63, 3.8) is 0 Å². The number of nitrogens with one attached hydrogen (secondary N) is 1. The summed E-state index contributed by atoms with van der Waals surface area (Å²) in [5.74, 6) is 0. The molecule has 0 aromatic carbocycles. The van der Waals surface area contributed by atoms with Crippen LogP contribution in [-0.2, 0) is 0 Å². The van der Waals surface area contributed by atoms with Crippen molar-refractivity contribution < 1.29 is 0 Å². The Morgan fingerprint density at radius 3 is 1.44 bits per heavy atom. The van der Waals surface area contributed by atoms with E-state index in [4.69, 9.17) is 0 Å². The highest BCUT2D eigenvalue weighted by molar-refractivity contribution is 6.76. The van der Waals surface area contributed by atoms with E-state index in [2.05, 4.69) is 45.7 Å². The molecule has 0 radical (unpaired) electrons. The predicted octanol–water partition coefficient (Wildman–Crippen LogP) is 8.99. The minimum atomic E-state index is -0.854. The van der Waals surface area contributed by atoms with Crippen LogP contribution in [0.3, 0.4) is 0 Å². The summed E-state index contributed by atoms with van der Waals surface area (Å²) in [6.07, 6.45) is 21.5. The van der Waals surface area contributed by atoms with Crippen molar-refractivity contribution in [1.29, 1.82) is 0 Å². The molecular weight excluding hydrogens is 366 g/mol. The number of unbranched alkanes of at least 4 members (excludes halogenated alkanes) is 12. The third-order valence-electron chi connectivity index (χ3n) is 5.61. The second-order valence-corrected chi connectivity index (χ2v) is 16.1. The SMILES string of the molecule is CCCCCCCCCCCCCCCC(C)(C)NCCC[Si](C)(C)C.Cl. The molecule has 0 bridgehead atoms. The lowest BCUT2D eigenvalue weighted by molar-refractivity contribution is 0.347. The van der Waals surface area contributed by atoms with E-state index < -0.39 is 8.07 Å². The highest BCUT2D eigenvalue weighted by Gasteiger charge is 2.17. The van der Waals surface area contributed by atoms with Gasteiger partial charge in [-0.1, -0.05) is 116 Å². The highest BCUT2D eigenvalue weighted by atomic mass is 35.5. The van der Waals surface area contributed by atoms with Gasteiger partial charge < -0.3 is 5.32 Å². The molecule has 0 unspecified atom stereocenters. The molecule has 166 valence electrons. The van der Waals surface area contributed by atoms with Crippen LogP contribution in [0, 0.1) is 0 Å². The fourth-order valence-electron chi connectivity index (χ4n) is 3.72. The van der Waals surface area contributed by atoms with Crippen molar-refractivity contribution >= 4 is 20.5 Å². The van der Waals surface area contributed by atoms with Crippen LogP contribution < -0.4 is 5.32 Å². The minimum Gasteiger partial charge on any atom is -0.312 e. The average molecular weight is 420 g/mol. The quantitative estimate of drug-likeness (QED) is 0.162. The van der Waals surface area contributed by atoms with Gasteiger partial charge in [0.05, 0.1) is 0 Å². The number of hydrogen-bond donors (Lipinski definition) is 1. The smallest absolute Gasteiger partial charge is 0.0443 e. The molecule has 0 rings (SSSR count). The number of halogens is 1. The molecule has 0 aliphatic heterocycles. The molecule has 0 atom stereocenters. The van der Waals surface area contributed by atoms with Gasteiger partial charge in [-0.2, -0.15) is 0 Å². The van der Waals surface area contributed by atoms with Gasteiger partial charge >= 0.3 is 0 Å². The molecule has 0 aliphatic carbocycles. The second-order valence-electron chi connectivity index (χ2n) is 10.5. The fraction of sp³-hybridized carbons (Fsp3) is 1.00. The van der Waals surface area contributed by atoms with Gasteiger partial charge in [0.1, 0.15) is 0 Å². The van der Waals surface area contributed by atoms with Gasteiger partial charge in [-0.15, -0.1) is 12.4 Å². The fourth-order valence-corrected chi connectivity index (χ4v) is 4.96. The van der Waals surface area contributed by atoms with Crippen LogP contribution in [0.15, 0.2) is 0 Å². The van der Waals surface area contributed by atoms with Crippen molar-refractivity contribution in [2.24, 2.45) is 0 Å². The zero-order valence-corrected chi connectivity index (χ0v) is 21.7. The molecule has 0 fully saturated rings. The van der Waals surface area contributed by atoms with E-state index in [1.807, 2.05) is 0 Å². The summed E-state index contributed by atoms with van der Waals surface area (Å²) in [6.45, 7) is 15.7. The standard InChI is InChI=1S/C24H53NSi.ClH/c1-7-8-9-10-11-12-13-14-15-16-17-18-19-21-24(2,3)25-22-20-23-26(4,5)6;/h25H,7-23H2,1-6H3;1H. The van der Waals surface area contributed by atoms with E-state index >= 15 is 0 Å². The maximum atomic E-state index is 3.80. The Balaban J connectivity index is 0. The third-order valence-corrected chi connectivity index (χ3v) is 7.47. The van der Waals surface area contributed by atoms with Gasteiger partial charge in [-0.25, -0.2) is 0 Å². The molecule has 1 nitrogen and oxygen atoms in total. The van der Waals surface area contributed by atoms with Crippen LogP contribution in [0.25, 0.3) is 0 Å². The van der Waals surface area contributed by atoms with Gasteiger partial charge in [0.15, 0.2) is 0 Å². The minimum absolute atomic E-state index is 0. The van der Waals surface area contributed by atoms with Gasteiger partial charge in [-0.3, -0.25) is 0 Å². The van der Waals surface area contributed by atoms with Gasteiger partial charge in [-0.05, 0) is 33.2 Å². The molecule has 0 saturated carbocycles. The molecule has 3 heteroatoms. The van der Waals surface area contributed by atoms with Crippen LogP contribution in [0.5, 0.6) is 0 Å². The monoisotopic (exact) mass is 419 g/mol. The molecule has 0 saturated heterocycles. The Labute approximate surface area is 180 Å². The molecule has 0 spiro atoms. The second kappa shape index (κ2) is 18.5. The topological polar surface area (TPSA) is 12.0 Å². The molecule has 0 heterocycles. The first-order chi connectivity index (χ1) is 12.3. The zero-order chi connectivity index (χ0) is 19.7. The van der Waals surface area contributed by atoms with Crippen molar-refractivity contribution in [2.45, 2.75) is 148 Å². The summed E-state index contributed by atoms with van der Waals surface area (Å²) in [4.78, 5) is 0. The molecule has 0 aromatic rings. The average Bonchev–Trinajstić information content (AvgIpc) is 2.55. The molecule has 0 amide bonds. The summed E-state index contributed by atoms with van der Waals surface area (Å²) in [7, 11) is -0.854. The lowest BCUT2D eigenvalue weighted by Crippen LogP contribution is -2.40. The number of hydrogen-bond acceptors (Lipinski definition) is 1. The first-order valence-corrected chi connectivity index (χ1v) is 15.7. The van der Waals surface area contributed by atoms with Crippen molar-refractivity contribution in [2.75, 3.05) is 6.54 Å². The van der Waals surface area contributed by atoms with Gasteiger partial charge in [0, 0.05) is 13.6 Å². The molecule has 0 aromatic heterocycles. The van der Waals surface area contributed by atoms with Crippen molar-refractivity contribution in [3.8, 4) is 0 Å². The Morgan fingerprint density at radius 2 is 1.04 bits per heavy atom. The van der Waals surface area contributed by atoms with Crippen LogP contribution in [0.1, 0.15) is 117 Å². The maximum Gasteiger partial charge on any atom is 0.0443 e. The normalized spacial score (nSPS) is 12.2. The van der Waals surface area contributed by atoms with E-state index in [0.717, 1.165) is 0 Å². The molecule has 1 N–H and O–H groups in total. The third kappa shape index (κ3) is 24.4. The Morgan fingerprint density at radius 1 is 0.630 bits per heavy atom. The Bertz CT molecular complexity index is 299. The van der Waals surface area contributed by atoms with Crippen LogP contribution in [-0.4, -0.2) is 20.2 Å². The summed E-state index contributed by atoms with van der Waals surface area (Å²) in [5.41, 5.74) is 0.331. The first kappa shape index (κ1) is 29.7. The molecule has 27 heavy (non-hydrogen) atoms. The lowest BCUT2D eigenvalue weighted by Gasteiger charge is -2.27. The van der Waals surface area contributed by atoms with E-state index in [9.17, 15) is 0 Å². The predicted molar refractivity (Wildman–Crippen MR) is 132 cm³/mol. The van der Waals surface area contributed by atoms with Gasteiger partial charge in [0.25, 0.3) is 0 Å². The van der Waals surface area contributed by atoms with Crippen LogP contribution in [0.2, 0.25) is 25.7 Å². The summed E-state index contributed by atoms with van der Waals surface area (Å²) >= 11 is 0. The van der Waals surface area contributed by atoms with Crippen molar-refractivity contribution in [3.05, 3.63) is 0 Å². The van der Waals surface area contributed by atoms with E-state index in [1.54, 1.807) is 0 Å². The maximum absolute atomic E-state index is 3.80. The molecule has 0 aliphatic rings. The Kier molecular flexibility index (Phi) is 20.3. The molecular formula is C24H54ClNSi. The summed E-state index contributed by atoms with van der Waals surface area (Å²) in [6, 6.07) is 1.45. The van der Waals surface area contributed by atoms with Crippen LogP contribution >= 0.6 is 12.4 Å². The summed E-state index contributed by atoms with van der Waals surface area (Å²) in [5, 5.41) is 3.80. The number of rotatable bonds is 19. The lowest BCUT2D eigenvalue weighted by atomic mass is 9.95. The van der Waals surface area contributed by atoms with Crippen molar-refractivity contribution in [1.82, 2.24) is 5.32 Å². The Hall–Kier alpha value is 0.467. The highest BCUT2D eigenvalue weighted by Crippen LogP contribution is 2.17. The van der Waals surface area contributed by atoms with E-state index in [0.29, 0.717) is 5.54 Å².